The normalized spacial score (nSPS) is 19.8. The fourth-order valence-electron chi connectivity index (χ4n) is 5.17. The van der Waals surface area contributed by atoms with E-state index in [0.717, 1.165) is 12.8 Å². The Morgan fingerprint density at radius 2 is 1.79 bits per heavy atom. The summed E-state index contributed by atoms with van der Waals surface area (Å²) in [5.74, 6) is -1.37. The minimum atomic E-state index is -1.28. The second kappa shape index (κ2) is 11.1. The topological polar surface area (TPSA) is 132 Å². The highest BCUT2D eigenvalue weighted by atomic mass is 16.5. The average molecular weight is 536 g/mol. The summed E-state index contributed by atoms with van der Waals surface area (Å²) in [6.07, 6.45) is 8.32. The zero-order chi connectivity index (χ0) is 28.5. The Balaban J connectivity index is 1.68. The van der Waals surface area contributed by atoms with Gasteiger partial charge in [0.25, 0.3) is 0 Å². The molecule has 0 saturated carbocycles. The fourth-order valence-corrected chi connectivity index (χ4v) is 5.17. The molecule has 0 saturated heterocycles. The number of benzene rings is 2. The van der Waals surface area contributed by atoms with Crippen LogP contribution in [0.2, 0.25) is 0 Å². The van der Waals surface area contributed by atoms with Gasteiger partial charge in [-0.2, -0.15) is 0 Å². The Morgan fingerprint density at radius 3 is 2.44 bits per heavy atom. The zero-order valence-electron chi connectivity index (χ0n) is 22.8. The molecular weight excluding hydrogens is 498 g/mol. The summed E-state index contributed by atoms with van der Waals surface area (Å²) >= 11 is 0. The lowest BCUT2D eigenvalue weighted by Crippen LogP contribution is -2.48. The van der Waals surface area contributed by atoms with Crippen molar-refractivity contribution in [2.24, 2.45) is 0 Å². The number of aliphatic hydroxyl groups is 1. The van der Waals surface area contributed by atoms with Crippen molar-refractivity contribution in [3.8, 4) is 23.1 Å². The van der Waals surface area contributed by atoms with Gasteiger partial charge in [-0.25, -0.2) is 4.79 Å². The van der Waals surface area contributed by atoms with E-state index in [1.165, 1.54) is 52.2 Å². The van der Waals surface area contributed by atoms with Crippen molar-refractivity contribution >= 4 is 16.7 Å². The molecule has 1 aromatic heterocycles. The van der Waals surface area contributed by atoms with Crippen LogP contribution < -0.4 is 4.74 Å². The third-order valence-electron chi connectivity index (χ3n) is 7.54. The molecular formula is C31H37NO7. The van der Waals surface area contributed by atoms with Gasteiger partial charge in [-0.15, -0.1) is 0 Å². The number of hydrogen-bond donors (Lipinski definition) is 5. The average Bonchev–Trinajstić information content (AvgIpc) is 3.17. The van der Waals surface area contributed by atoms with Crippen molar-refractivity contribution in [2.75, 3.05) is 0 Å². The summed E-state index contributed by atoms with van der Waals surface area (Å²) < 4.78 is 7.61. The number of aromatic nitrogens is 1. The predicted molar refractivity (Wildman–Crippen MR) is 150 cm³/mol. The number of carboxylic acids is 1. The number of aliphatic hydroxyl groups excluding tert-OH is 1. The molecule has 8 heteroatoms. The molecule has 5 N–H and O–H groups in total. The molecule has 39 heavy (non-hydrogen) atoms. The summed E-state index contributed by atoms with van der Waals surface area (Å²) in [5, 5.41) is 53.2. The molecule has 3 atom stereocenters. The second-order valence-corrected chi connectivity index (χ2v) is 10.9. The number of aromatic hydroxyl groups is 3. The smallest absolute Gasteiger partial charge is 0.331 e. The number of allylic oxidation sites excluding steroid dienone is 4. The van der Waals surface area contributed by atoms with E-state index >= 15 is 0 Å². The maximum atomic E-state index is 12.3. The van der Waals surface area contributed by atoms with Gasteiger partial charge >= 0.3 is 5.97 Å². The lowest BCUT2D eigenvalue weighted by Gasteiger charge is -2.40. The molecule has 0 radical (unpaired) electrons. The lowest BCUT2D eigenvalue weighted by molar-refractivity contribution is -0.139. The monoisotopic (exact) mass is 535 g/mol. The van der Waals surface area contributed by atoms with E-state index in [-0.39, 0.29) is 29.2 Å². The van der Waals surface area contributed by atoms with Crippen LogP contribution in [0.3, 0.4) is 0 Å². The van der Waals surface area contributed by atoms with E-state index in [1.807, 2.05) is 6.92 Å². The van der Waals surface area contributed by atoms with Gasteiger partial charge < -0.3 is 30.3 Å². The van der Waals surface area contributed by atoms with E-state index in [0.29, 0.717) is 35.1 Å². The van der Waals surface area contributed by atoms with Crippen molar-refractivity contribution in [3.63, 3.8) is 0 Å². The van der Waals surface area contributed by atoms with Crippen LogP contribution in [0.5, 0.6) is 23.1 Å². The highest BCUT2D eigenvalue weighted by molar-refractivity contribution is 5.96. The van der Waals surface area contributed by atoms with Crippen LogP contribution in [0.15, 0.2) is 59.8 Å². The Bertz CT molecular complexity index is 1430. The lowest BCUT2D eigenvalue weighted by atomic mass is 9.84. The molecule has 8 nitrogen and oxygen atoms in total. The largest absolute Gasteiger partial charge is 0.508 e. The van der Waals surface area contributed by atoms with Gasteiger partial charge in [0.15, 0.2) is 11.9 Å². The van der Waals surface area contributed by atoms with E-state index in [4.69, 9.17) is 4.74 Å². The van der Waals surface area contributed by atoms with Crippen LogP contribution in [-0.4, -0.2) is 47.8 Å². The highest BCUT2D eigenvalue weighted by Crippen LogP contribution is 2.48. The Kier molecular flexibility index (Phi) is 7.97. The van der Waals surface area contributed by atoms with Crippen molar-refractivity contribution in [1.29, 1.82) is 0 Å². The molecule has 0 unspecified atom stereocenters. The number of phenolic OH excluding ortho intramolecular Hbond substituents is 2. The van der Waals surface area contributed by atoms with Gasteiger partial charge in [-0.3, -0.25) is 4.57 Å². The van der Waals surface area contributed by atoms with Crippen LogP contribution in [-0.2, 0) is 11.2 Å². The quantitative estimate of drug-likeness (QED) is 0.214. The third-order valence-corrected chi connectivity index (χ3v) is 7.54. The molecule has 208 valence electrons. The molecule has 2 aromatic carbocycles. The number of carboxylic acid groups (broad SMARTS) is 1. The maximum Gasteiger partial charge on any atom is 0.331 e. The van der Waals surface area contributed by atoms with E-state index in [9.17, 15) is 30.3 Å². The van der Waals surface area contributed by atoms with Gasteiger partial charge in [0.2, 0.25) is 0 Å². The predicted octanol–water partition coefficient (Wildman–Crippen LogP) is 5.96. The maximum absolute atomic E-state index is 12.3. The molecule has 0 amide bonds. The highest BCUT2D eigenvalue weighted by Gasteiger charge is 2.42. The third kappa shape index (κ3) is 5.76. The first-order valence-corrected chi connectivity index (χ1v) is 13.2. The summed E-state index contributed by atoms with van der Waals surface area (Å²) in [7, 11) is 0. The standard InChI is InChI=1S/C31H37NO7/c1-18(2)7-5-8-19(3)9-6-14-31(4)26(35)16-23-25(34)15-22-24(28(23)39-31)17-32(29(22)36)27(30(37)38)20-10-12-21(33)13-11-20/h7,9-13,15,17,26-27,33-36H,5-6,8,14,16H2,1-4H3,(H,37,38)/t26-,27-,31-/m0/s1. The minimum absolute atomic E-state index is 0.00653. The van der Waals surface area contributed by atoms with Gasteiger partial charge in [-0.1, -0.05) is 35.4 Å². The van der Waals surface area contributed by atoms with Crippen LogP contribution >= 0.6 is 0 Å². The summed E-state index contributed by atoms with van der Waals surface area (Å²) in [4.78, 5) is 12.3. The SMILES string of the molecule is CC(C)=CCCC(C)=CCC[C@]1(C)Oc2c(c(O)cc3c(O)n([C@H](C(=O)O)c4ccc(O)cc4)cc23)C[C@@H]1O. The molecule has 3 aromatic rings. The molecule has 4 rings (SSSR count). The number of rotatable bonds is 9. The Labute approximate surface area is 228 Å². The first-order valence-electron chi connectivity index (χ1n) is 13.2. The summed E-state index contributed by atoms with van der Waals surface area (Å²) in [6.45, 7) is 8.08. The van der Waals surface area contributed by atoms with Crippen LogP contribution in [0.1, 0.15) is 70.5 Å². The number of nitrogens with zero attached hydrogens (tertiary/aromatic N) is 1. The van der Waals surface area contributed by atoms with E-state index < -0.39 is 23.7 Å². The summed E-state index contributed by atoms with van der Waals surface area (Å²) in [5.41, 5.74) is 2.36. The number of phenols is 2. The van der Waals surface area contributed by atoms with Crippen molar-refractivity contribution in [2.45, 2.75) is 77.5 Å². The number of hydrogen-bond acceptors (Lipinski definition) is 6. The van der Waals surface area contributed by atoms with Crippen LogP contribution in [0.4, 0.5) is 0 Å². The fraction of sp³-hybridized carbons (Fsp3) is 0.387. The summed E-state index contributed by atoms with van der Waals surface area (Å²) in [6, 6.07) is 5.80. The van der Waals surface area contributed by atoms with Gasteiger partial charge in [-0.05, 0) is 77.1 Å². The number of carbonyl (C=O) groups is 1. The molecule has 1 aliphatic heterocycles. The first-order chi connectivity index (χ1) is 18.4. The van der Waals surface area contributed by atoms with Crippen molar-refractivity contribution in [3.05, 3.63) is 71.0 Å². The molecule has 0 bridgehead atoms. The van der Waals surface area contributed by atoms with Gasteiger partial charge in [0.05, 0.1) is 11.5 Å². The van der Waals surface area contributed by atoms with Gasteiger partial charge in [0, 0.05) is 23.6 Å². The van der Waals surface area contributed by atoms with Crippen LogP contribution in [0.25, 0.3) is 10.8 Å². The minimum Gasteiger partial charge on any atom is -0.508 e. The molecule has 1 aliphatic rings. The van der Waals surface area contributed by atoms with Crippen molar-refractivity contribution in [1.82, 2.24) is 4.57 Å². The van der Waals surface area contributed by atoms with Gasteiger partial charge in [0.1, 0.15) is 22.8 Å². The Hall–Kier alpha value is -3.91. The zero-order valence-corrected chi connectivity index (χ0v) is 22.8. The molecule has 0 fully saturated rings. The molecule has 2 heterocycles. The second-order valence-electron chi connectivity index (χ2n) is 10.9. The van der Waals surface area contributed by atoms with Crippen LogP contribution in [0, 0.1) is 0 Å². The van der Waals surface area contributed by atoms with Crippen molar-refractivity contribution < 1.29 is 35.1 Å². The Morgan fingerprint density at radius 1 is 1.10 bits per heavy atom. The number of ether oxygens (including phenoxy) is 1. The number of aliphatic carboxylic acids is 1. The van der Waals surface area contributed by atoms with E-state index in [2.05, 4.69) is 32.9 Å². The van der Waals surface area contributed by atoms with E-state index in [1.54, 1.807) is 0 Å². The first kappa shape index (κ1) is 28.1. The molecule has 0 aliphatic carbocycles. The molecule has 0 spiro atoms. The number of fused-ring (bicyclic) bond motifs is 3.